The van der Waals surface area contributed by atoms with Crippen LogP contribution in [0, 0.1) is 0 Å². The van der Waals surface area contributed by atoms with Crippen LogP contribution in [0.4, 0.5) is 0 Å². The SMILES string of the molecule is CCCCCCCCC/C=C\CCCCCCCC(=O)OCCCCCCCCCCCCCCCCCCCCCCC(=O)NC(CO)C(O)CCCCCCCCCCC. The van der Waals surface area contributed by atoms with Gasteiger partial charge in [0.1, 0.15) is 0 Å². The first kappa shape index (κ1) is 60.6. The second-order valence-corrected chi connectivity index (χ2v) is 19.3. The molecule has 0 rings (SSSR count). The van der Waals surface area contributed by atoms with Crippen molar-refractivity contribution in [3.63, 3.8) is 0 Å². The van der Waals surface area contributed by atoms with Gasteiger partial charge in [0.25, 0.3) is 0 Å². The van der Waals surface area contributed by atoms with Crippen LogP contribution in [-0.2, 0) is 14.3 Å². The van der Waals surface area contributed by atoms with E-state index in [0.29, 0.717) is 25.9 Å². The maximum atomic E-state index is 12.4. The fraction of sp³-hybridized carbons (Fsp3) is 0.929. The van der Waals surface area contributed by atoms with E-state index in [0.717, 1.165) is 44.9 Å². The Bertz CT molecular complexity index is 924. The molecule has 0 saturated heterocycles. The molecule has 6 heteroatoms. The maximum Gasteiger partial charge on any atom is 0.305 e. The molecule has 0 bridgehead atoms. The van der Waals surface area contributed by atoms with Gasteiger partial charge in [0, 0.05) is 12.8 Å². The highest BCUT2D eigenvalue weighted by molar-refractivity contribution is 5.76. The van der Waals surface area contributed by atoms with Gasteiger partial charge in [-0.05, 0) is 51.4 Å². The van der Waals surface area contributed by atoms with Crippen LogP contribution in [0.1, 0.15) is 309 Å². The summed E-state index contributed by atoms with van der Waals surface area (Å²) in [6, 6.07) is -0.540. The molecule has 2 unspecified atom stereocenters. The zero-order valence-electron chi connectivity index (χ0n) is 41.9. The molecule has 2 atom stereocenters. The molecule has 0 spiro atoms. The van der Waals surface area contributed by atoms with Crippen molar-refractivity contribution in [1.29, 1.82) is 0 Å². The van der Waals surface area contributed by atoms with Crippen LogP contribution >= 0.6 is 0 Å². The molecule has 0 aliphatic rings. The molecule has 6 nitrogen and oxygen atoms in total. The standard InChI is InChI=1S/C56H109NO5/c1-3-5-7-9-11-13-14-15-16-24-27-30-34-38-42-46-50-56(61)62-51-47-43-39-35-31-28-25-22-20-18-17-19-21-23-26-29-33-37-41-45-49-55(60)57-53(52-58)54(59)48-44-40-36-32-12-10-8-6-4-2/h16,24,53-54,58-59H,3-15,17-23,25-52H2,1-2H3,(H,57,60)/b24-16-. The van der Waals surface area contributed by atoms with Gasteiger partial charge in [0.15, 0.2) is 0 Å². The number of amides is 1. The smallest absolute Gasteiger partial charge is 0.305 e. The predicted molar refractivity (Wildman–Crippen MR) is 269 cm³/mol. The monoisotopic (exact) mass is 876 g/mol. The Hall–Kier alpha value is -1.40. The normalized spacial score (nSPS) is 12.6. The Morgan fingerprint density at radius 1 is 0.435 bits per heavy atom. The number of carbonyl (C=O) groups is 2. The zero-order chi connectivity index (χ0) is 45.1. The second kappa shape index (κ2) is 52.2. The zero-order valence-corrected chi connectivity index (χ0v) is 41.9. The van der Waals surface area contributed by atoms with Crippen molar-refractivity contribution in [1.82, 2.24) is 5.32 Å². The second-order valence-electron chi connectivity index (χ2n) is 19.3. The minimum Gasteiger partial charge on any atom is -0.466 e. The fourth-order valence-corrected chi connectivity index (χ4v) is 8.75. The van der Waals surface area contributed by atoms with E-state index >= 15 is 0 Å². The number of unbranched alkanes of at least 4 members (excludes halogenated alkanes) is 39. The highest BCUT2D eigenvalue weighted by Gasteiger charge is 2.20. The number of ether oxygens (including phenoxy) is 1. The van der Waals surface area contributed by atoms with E-state index in [9.17, 15) is 19.8 Å². The van der Waals surface area contributed by atoms with Gasteiger partial charge in [0.2, 0.25) is 5.91 Å². The predicted octanol–water partition coefficient (Wildman–Crippen LogP) is 16.9. The molecule has 1 amide bonds. The highest BCUT2D eigenvalue weighted by atomic mass is 16.5. The van der Waals surface area contributed by atoms with Crippen LogP contribution in [0.5, 0.6) is 0 Å². The van der Waals surface area contributed by atoms with Gasteiger partial charge in [0.05, 0.1) is 25.4 Å². The van der Waals surface area contributed by atoms with Crippen molar-refractivity contribution < 1.29 is 24.5 Å². The minimum atomic E-state index is -0.662. The Balaban J connectivity index is 3.35. The molecule has 0 radical (unpaired) electrons. The van der Waals surface area contributed by atoms with Crippen LogP contribution in [0.2, 0.25) is 0 Å². The summed E-state index contributed by atoms with van der Waals surface area (Å²) in [4.78, 5) is 24.4. The number of aliphatic hydroxyl groups is 2. The summed E-state index contributed by atoms with van der Waals surface area (Å²) in [5.41, 5.74) is 0. The lowest BCUT2D eigenvalue weighted by atomic mass is 10.0. The van der Waals surface area contributed by atoms with E-state index in [1.54, 1.807) is 0 Å². The first-order chi connectivity index (χ1) is 30.5. The molecule has 0 aromatic carbocycles. The highest BCUT2D eigenvalue weighted by Crippen LogP contribution is 2.17. The third kappa shape index (κ3) is 48.1. The molecule has 62 heavy (non-hydrogen) atoms. The quantitative estimate of drug-likeness (QED) is 0.0321. The molecular weight excluding hydrogens is 767 g/mol. The number of aliphatic hydroxyl groups excluding tert-OH is 2. The van der Waals surface area contributed by atoms with Crippen molar-refractivity contribution in [3.05, 3.63) is 12.2 Å². The molecule has 3 N–H and O–H groups in total. The van der Waals surface area contributed by atoms with Crippen LogP contribution in [-0.4, -0.2) is 47.4 Å². The summed E-state index contributed by atoms with van der Waals surface area (Å²) < 4.78 is 5.48. The first-order valence-corrected chi connectivity index (χ1v) is 27.9. The summed E-state index contributed by atoms with van der Waals surface area (Å²) in [5, 5.41) is 23.1. The lowest BCUT2D eigenvalue weighted by molar-refractivity contribution is -0.143. The molecule has 0 heterocycles. The number of hydrogen-bond donors (Lipinski definition) is 3. The summed E-state index contributed by atoms with van der Waals surface area (Å²) in [6.45, 7) is 4.93. The Morgan fingerprint density at radius 2 is 0.758 bits per heavy atom. The van der Waals surface area contributed by atoms with Gasteiger partial charge in [-0.25, -0.2) is 0 Å². The van der Waals surface area contributed by atoms with E-state index in [1.807, 2.05) is 0 Å². The largest absolute Gasteiger partial charge is 0.466 e. The Kier molecular flexibility index (Phi) is 51.0. The summed E-state index contributed by atoms with van der Waals surface area (Å²) in [5.74, 6) is -0.0352. The third-order valence-electron chi connectivity index (χ3n) is 13.1. The maximum absolute atomic E-state index is 12.4. The number of carbonyl (C=O) groups excluding carboxylic acids is 2. The number of hydrogen-bond acceptors (Lipinski definition) is 5. The van der Waals surface area contributed by atoms with Crippen LogP contribution in [0.25, 0.3) is 0 Å². The average Bonchev–Trinajstić information content (AvgIpc) is 3.27. The summed E-state index contributed by atoms with van der Waals surface area (Å²) in [6.07, 6.45) is 60.6. The topological polar surface area (TPSA) is 95.9 Å². The molecule has 0 aromatic rings. The molecule has 368 valence electrons. The molecule has 0 aliphatic heterocycles. The minimum absolute atomic E-state index is 0.00337. The number of nitrogens with one attached hydrogen (secondary N) is 1. The van der Waals surface area contributed by atoms with Crippen molar-refractivity contribution in [2.75, 3.05) is 13.2 Å². The average molecular weight is 876 g/mol. The lowest BCUT2D eigenvalue weighted by Gasteiger charge is -2.22. The van der Waals surface area contributed by atoms with E-state index in [4.69, 9.17) is 4.74 Å². The number of esters is 1. The molecule has 0 saturated carbocycles. The van der Waals surface area contributed by atoms with Crippen molar-refractivity contribution >= 4 is 11.9 Å². The molecular formula is C56H109NO5. The van der Waals surface area contributed by atoms with E-state index in [2.05, 4.69) is 31.3 Å². The number of rotatable bonds is 52. The van der Waals surface area contributed by atoms with Crippen LogP contribution < -0.4 is 5.32 Å². The Labute approximate surface area is 387 Å². The van der Waals surface area contributed by atoms with E-state index in [-0.39, 0.29) is 18.5 Å². The van der Waals surface area contributed by atoms with Gasteiger partial charge in [-0.2, -0.15) is 0 Å². The van der Waals surface area contributed by atoms with Gasteiger partial charge in [-0.3, -0.25) is 9.59 Å². The molecule has 0 fully saturated rings. The summed E-state index contributed by atoms with van der Waals surface area (Å²) >= 11 is 0. The number of allylic oxidation sites excluding steroid dienone is 2. The van der Waals surface area contributed by atoms with Gasteiger partial charge in [-0.1, -0.05) is 257 Å². The molecule has 0 aliphatic carbocycles. The fourth-order valence-electron chi connectivity index (χ4n) is 8.75. The molecule has 0 aromatic heterocycles. The van der Waals surface area contributed by atoms with E-state index < -0.39 is 12.1 Å². The van der Waals surface area contributed by atoms with Crippen LogP contribution in [0.3, 0.4) is 0 Å². The van der Waals surface area contributed by atoms with Gasteiger partial charge in [-0.15, -0.1) is 0 Å². The van der Waals surface area contributed by atoms with Crippen LogP contribution in [0.15, 0.2) is 12.2 Å². The Morgan fingerprint density at radius 3 is 1.15 bits per heavy atom. The van der Waals surface area contributed by atoms with Gasteiger partial charge < -0.3 is 20.3 Å². The summed E-state index contributed by atoms with van der Waals surface area (Å²) in [7, 11) is 0. The van der Waals surface area contributed by atoms with Gasteiger partial charge >= 0.3 is 5.97 Å². The van der Waals surface area contributed by atoms with Crippen molar-refractivity contribution in [2.24, 2.45) is 0 Å². The van der Waals surface area contributed by atoms with E-state index in [1.165, 1.54) is 231 Å². The van der Waals surface area contributed by atoms with Crippen molar-refractivity contribution in [2.45, 2.75) is 321 Å². The third-order valence-corrected chi connectivity index (χ3v) is 13.1. The first-order valence-electron chi connectivity index (χ1n) is 27.9. The van der Waals surface area contributed by atoms with Crippen molar-refractivity contribution in [3.8, 4) is 0 Å². The lowest BCUT2D eigenvalue weighted by Crippen LogP contribution is -2.45.